The number of fused-ring (bicyclic) bond motifs is 1. The fraction of sp³-hybridized carbons (Fsp3) is 0.333. The molecular formula is C18H21F2IN4O. The number of halogens is 3. The molecule has 0 saturated heterocycles. The lowest BCUT2D eigenvalue weighted by atomic mass is 10.1. The first-order chi connectivity index (χ1) is 12.1. The minimum atomic E-state index is -2.53. The Labute approximate surface area is 168 Å². The maximum Gasteiger partial charge on any atom is 0.272 e. The van der Waals surface area contributed by atoms with Crippen LogP contribution in [0, 0.1) is 0 Å². The van der Waals surface area contributed by atoms with Crippen molar-refractivity contribution < 1.29 is 13.5 Å². The lowest BCUT2D eigenvalue weighted by molar-refractivity contribution is 0.0795. The Bertz CT molecular complexity index is 771. The van der Waals surface area contributed by atoms with Crippen LogP contribution in [-0.2, 0) is 19.4 Å². The minimum Gasteiger partial charge on any atom is -0.472 e. The van der Waals surface area contributed by atoms with Crippen molar-refractivity contribution in [3.05, 3.63) is 53.2 Å². The van der Waals surface area contributed by atoms with Gasteiger partial charge in [0.05, 0.1) is 6.54 Å². The first kappa shape index (κ1) is 20.3. The summed E-state index contributed by atoms with van der Waals surface area (Å²) in [7, 11) is 0. The van der Waals surface area contributed by atoms with Crippen LogP contribution >= 0.6 is 24.0 Å². The van der Waals surface area contributed by atoms with E-state index in [0.717, 1.165) is 24.1 Å². The summed E-state index contributed by atoms with van der Waals surface area (Å²) in [5.74, 6) is 0.447. The number of benzene rings is 1. The number of hydrogen-bond acceptors (Lipinski definition) is 3. The van der Waals surface area contributed by atoms with Gasteiger partial charge >= 0.3 is 0 Å². The quantitative estimate of drug-likeness (QED) is 0.380. The normalized spacial score (nSPS) is 13.3. The molecule has 0 fully saturated rings. The number of aliphatic imine (C=N–C) groups is 1. The molecule has 5 nitrogen and oxygen atoms in total. The molecule has 26 heavy (non-hydrogen) atoms. The second-order valence-corrected chi connectivity index (χ2v) is 5.87. The maximum absolute atomic E-state index is 12.2. The van der Waals surface area contributed by atoms with Gasteiger partial charge in [0.2, 0.25) is 5.88 Å². The number of alkyl halides is 2. The van der Waals surface area contributed by atoms with E-state index in [1.54, 1.807) is 12.1 Å². The third-order valence-corrected chi connectivity index (χ3v) is 3.96. The van der Waals surface area contributed by atoms with E-state index in [-0.39, 0.29) is 29.9 Å². The van der Waals surface area contributed by atoms with Gasteiger partial charge in [-0.25, -0.2) is 18.8 Å². The molecule has 140 valence electrons. The summed E-state index contributed by atoms with van der Waals surface area (Å²) in [6.07, 6.45) is 2.39. The fourth-order valence-corrected chi connectivity index (χ4v) is 2.79. The Kier molecular flexibility index (Phi) is 7.55. The molecule has 0 spiro atoms. The highest BCUT2D eigenvalue weighted by Crippen LogP contribution is 2.24. The number of nitrogens with zero attached hydrogens (tertiary/aromatic N) is 2. The van der Waals surface area contributed by atoms with Crippen molar-refractivity contribution >= 4 is 35.6 Å². The van der Waals surface area contributed by atoms with Crippen LogP contribution in [0.3, 0.4) is 0 Å². The lowest BCUT2D eigenvalue weighted by Gasteiger charge is -2.08. The van der Waals surface area contributed by atoms with Crippen molar-refractivity contribution in [2.45, 2.75) is 32.2 Å². The number of nitrogens with two attached hydrogens (primary N) is 1. The molecule has 1 heterocycles. The molecule has 0 saturated carbocycles. The molecule has 0 aliphatic heterocycles. The Morgan fingerprint density at radius 1 is 1.23 bits per heavy atom. The van der Waals surface area contributed by atoms with E-state index >= 15 is 0 Å². The molecule has 1 aliphatic carbocycles. The number of rotatable bonds is 6. The number of aryl methyl sites for hydroxylation is 2. The zero-order chi connectivity index (χ0) is 17.6. The Hall–Kier alpha value is -1.97. The molecule has 1 aromatic heterocycles. The minimum absolute atomic E-state index is 0. The number of aromatic nitrogens is 1. The predicted octanol–water partition coefficient (Wildman–Crippen LogP) is 3.76. The molecular weight excluding hydrogens is 453 g/mol. The highest BCUT2D eigenvalue weighted by Gasteiger charge is 2.11. The number of hydrogen-bond donors (Lipinski definition) is 2. The molecule has 3 rings (SSSR count). The van der Waals surface area contributed by atoms with Crippen molar-refractivity contribution in [3.8, 4) is 5.88 Å². The van der Waals surface area contributed by atoms with Crippen molar-refractivity contribution in [1.29, 1.82) is 0 Å². The number of pyridine rings is 1. The van der Waals surface area contributed by atoms with E-state index in [2.05, 4.69) is 27.4 Å². The highest BCUT2D eigenvalue weighted by atomic mass is 127. The average Bonchev–Trinajstić information content (AvgIpc) is 3.06. The maximum atomic E-state index is 12.2. The SMILES string of the molecule is I.NC(=NCc1ccnc(OCC(F)F)c1)Nc1ccc2c(c1)CCC2. The zero-order valence-electron chi connectivity index (χ0n) is 14.1. The van der Waals surface area contributed by atoms with Crippen molar-refractivity contribution in [2.75, 3.05) is 11.9 Å². The predicted molar refractivity (Wildman–Crippen MR) is 109 cm³/mol. The number of ether oxygens (including phenoxy) is 1. The van der Waals surface area contributed by atoms with E-state index in [1.807, 2.05) is 6.07 Å². The molecule has 8 heteroatoms. The van der Waals surface area contributed by atoms with Crippen LogP contribution in [0.25, 0.3) is 0 Å². The van der Waals surface area contributed by atoms with Gasteiger partial charge in [-0.3, -0.25) is 0 Å². The molecule has 0 amide bonds. The average molecular weight is 474 g/mol. The molecule has 0 atom stereocenters. The van der Waals surface area contributed by atoms with Crippen LogP contribution in [0.2, 0.25) is 0 Å². The summed E-state index contributed by atoms with van der Waals surface area (Å²) >= 11 is 0. The summed E-state index contributed by atoms with van der Waals surface area (Å²) in [5, 5.41) is 3.08. The molecule has 0 radical (unpaired) electrons. The van der Waals surface area contributed by atoms with Gasteiger partial charge in [0.25, 0.3) is 6.43 Å². The molecule has 1 aliphatic rings. The summed E-state index contributed by atoms with van der Waals surface area (Å²) in [4.78, 5) is 8.16. The van der Waals surface area contributed by atoms with E-state index in [4.69, 9.17) is 10.5 Å². The standard InChI is InChI=1S/C18H20F2N4O.HI/c19-16(20)11-25-17-8-12(6-7-22-17)10-23-18(21)24-15-5-4-13-2-1-3-14(13)9-15;/h4-9,16H,1-3,10-11H2,(H3,21,23,24);1H. The molecule has 2 aromatic rings. The van der Waals surface area contributed by atoms with Crippen LogP contribution in [0.4, 0.5) is 14.5 Å². The van der Waals surface area contributed by atoms with Crippen molar-refractivity contribution in [1.82, 2.24) is 4.98 Å². The third kappa shape index (κ3) is 5.79. The highest BCUT2D eigenvalue weighted by molar-refractivity contribution is 14.0. The molecule has 0 bridgehead atoms. The van der Waals surface area contributed by atoms with Crippen molar-refractivity contribution in [2.24, 2.45) is 10.7 Å². The molecule has 0 unspecified atom stereocenters. The van der Waals surface area contributed by atoms with Crippen LogP contribution in [0.15, 0.2) is 41.5 Å². The summed E-state index contributed by atoms with van der Waals surface area (Å²) in [6.45, 7) is -0.376. The van der Waals surface area contributed by atoms with Crippen LogP contribution in [0.5, 0.6) is 5.88 Å². The summed E-state index contributed by atoms with van der Waals surface area (Å²) in [5.41, 5.74) is 10.4. The van der Waals surface area contributed by atoms with E-state index < -0.39 is 13.0 Å². The largest absolute Gasteiger partial charge is 0.472 e. The number of nitrogens with one attached hydrogen (secondary N) is 1. The summed E-state index contributed by atoms with van der Waals surface area (Å²) < 4.78 is 29.2. The topological polar surface area (TPSA) is 72.5 Å². The van der Waals surface area contributed by atoms with Gasteiger partial charge in [0.1, 0.15) is 0 Å². The van der Waals surface area contributed by atoms with Gasteiger partial charge < -0.3 is 15.8 Å². The van der Waals surface area contributed by atoms with Gasteiger partial charge in [-0.2, -0.15) is 0 Å². The number of anilines is 1. The van der Waals surface area contributed by atoms with Crippen LogP contribution in [-0.4, -0.2) is 24.0 Å². The van der Waals surface area contributed by atoms with Gasteiger partial charge in [-0.05, 0) is 54.2 Å². The first-order valence-electron chi connectivity index (χ1n) is 8.15. The Morgan fingerprint density at radius 3 is 2.85 bits per heavy atom. The third-order valence-electron chi connectivity index (χ3n) is 3.96. The van der Waals surface area contributed by atoms with Crippen molar-refractivity contribution in [3.63, 3.8) is 0 Å². The lowest BCUT2D eigenvalue weighted by Crippen LogP contribution is -2.22. The summed E-state index contributed by atoms with van der Waals surface area (Å²) in [6, 6.07) is 9.53. The van der Waals surface area contributed by atoms with E-state index in [1.165, 1.54) is 23.7 Å². The van der Waals surface area contributed by atoms with Gasteiger partial charge in [-0.15, -0.1) is 24.0 Å². The monoisotopic (exact) mass is 474 g/mol. The van der Waals surface area contributed by atoms with E-state index in [0.29, 0.717) is 12.5 Å². The zero-order valence-corrected chi connectivity index (χ0v) is 16.5. The molecule has 1 aromatic carbocycles. The second kappa shape index (κ2) is 9.65. The fourth-order valence-electron chi connectivity index (χ4n) is 2.79. The van der Waals surface area contributed by atoms with Gasteiger partial charge in [0, 0.05) is 18.0 Å². The Morgan fingerprint density at radius 2 is 2.04 bits per heavy atom. The second-order valence-electron chi connectivity index (χ2n) is 5.87. The van der Waals surface area contributed by atoms with Gasteiger partial charge in [0.15, 0.2) is 12.6 Å². The smallest absolute Gasteiger partial charge is 0.272 e. The van der Waals surface area contributed by atoms with Gasteiger partial charge in [-0.1, -0.05) is 6.07 Å². The van der Waals surface area contributed by atoms with Crippen LogP contribution in [0.1, 0.15) is 23.1 Å². The van der Waals surface area contributed by atoms with Crippen LogP contribution < -0.4 is 15.8 Å². The Balaban J connectivity index is 0.00000243. The first-order valence-corrected chi connectivity index (χ1v) is 8.15. The van der Waals surface area contributed by atoms with E-state index in [9.17, 15) is 8.78 Å². The molecule has 3 N–H and O–H groups in total. The number of guanidine groups is 1.